The molecule has 1 aliphatic rings. The van der Waals surface area contributed by atoms with Crippen LogP contribution in [0.5, 0.6) is 0 Å². The van der Waals surface area contributed by atoms with Crippen LogP contribution in [0, 0.1) is 0 Å². The molecule has 27 heavy (non-hydrogen) atoms. The summed E-state index contributed by atoms with van der Waals surface area (Å²) in [7, 11) is 0. The van der Waals surface area contributed by atoms with Crippen molar-refractivity contribution in [3.8, 4) is 11.5 Å². The van der Waals surface area contributed by atoms with E-state index in [1.165, 1.54) is 10.8 Å². The minimum absolute atomic E-state index is 0.222. The minimum atomic E-state index is -0.226. The van der Waals surface area contributed by atoms with Crippen molar-refractivity contribution in [3.63, 3.8) is 0 Å². The molecule has 4 aromatic rings. The number of fused-ring (bicyclic) bond motifs is 3. The molecule has 5 rings (SSSR count). The van der Waals surface area contributed by atoms with Crippen LogP contribution in [0.4, 0.5) is 0 Å². The van der Waals surface area contributed by atoms with E-state index < -0.39 is 0 Å². The van der Waals surface area contributed by atoms with E-state index in [1.807, 2.05) is 18.2 Å². The molecule has 0 aliphatic carbocycles. The molecule has 0 bridgehead atoms. The monoisotopic (exact) mass is 367 g/mol. The van der Waals surface area contributed by atoms with Gasteiger partial charge in [-0.05, 0) is 25.3 Å². The number of nitrogens with one attached hydrogen (secondary N) is 1. The third-order valence-corrected chi connectivity index (χ3v) is 4.71. The lowest BCUT2D eigenvalue weighted by Gasteiger charge is -2.22. The molecule has 1 fully saturated rings. The highest BCUT2D eigenvalue weighted by molar-refractivity contribution is 5.93. The molecule has 0 amide bonds. The second-order valence-corrected chi connectivity index (χ2v) is 6.46. The maximum absolute atomic E-state index is 12.4. The van der Waals surface area contributed by atoms with Crippen LogP contribution in [0.3, 0.4) is 0 Å². The molecule has 9 nitrogen and oxygen atoms in total. The summed E-state index contributed by atoms with van der Waals surface area (Å²) in [6, 6.07) is 7.26. The summed E-state index contributed by atoms with van der Waals surface area (Å²) < 4.78 is 18.1. The fraction of sp³-hybridized carbons (Fsp3) is 0.333. The molecule has 138 valence electrons. The molecule has 0 radical (unpaired) electrons. The Bertz CT molecular complexity index is 1160. The molecule has 4 heterocycles. The summed E-state index contributed by atoms with van der Waals surface area (Å²) in [4.78, 5) is 12.4. The normalized spacial score (nSPS) is 17.7. The zero-order valence-corrected chi connectivity index (χ0v) is 14.4. The van der Waals surface area contributed by atoms with Gasteiger partial charge in [0.05, 0.1) is 12.0 Å². The average molecular weight is 367 g/mol. The zero-order valence-electron chi connectivity index (χ0n) is 14.4. The number of aromatic amines is 1. The SMILES string of the molecule is O=c1[nH]n2c(-c3nocc3COC3CCCCO3)nnc2c2ccccc12. The maximum atomic E-state index is 12.4. The Morgan fingerprint density at radius 3 is 2.96 bits per heavy atom. The molecule has 1 saturated heterocycles. The smallest absolute Gasteiger partial charge is 0.270 e. The third kappa shape index (κ3) is 2.81. The van der Waals surface area contributed by atoms with Crippen LogP contribution in [0.15, 0.2) is 39.8 Å². The van der Waals surface area contributed by atoms with E-state index in [1.54, 1.807) is 6.07 Å². The van der Waals surface area contributed by atoms with E-state index >= 15 is 0 Å². The molecular formula is C18H17N5O4. The molecule has 1 aromatic carbocycles. The molecule has 1 N–H and O–H groups in total. The van der Waals surface area contributed by atoms with Gasteiger partial charge in [0.25, 0.3) is 5.56 Å². The summed E-state index contributed by atoms with van der Waals surface area (Å²) in [5, 5.41) is 16.6. The van der Waals surface area contributed by atoms with E-state index in [0.29, 0.717) is 34.7 Å². The van der Waals surface area contributed by atoms with Crippen LogP contribution in [-0.4, -0.2) is 37.9 Å². The number of nitrogens with zero attached hydrogens (tertiary/aromatic N) is 4. The van der Waals surface area contributed by atoms with Crippen molar-refractivity contribution >= 4 is 16.4 Å². The van der Waals surface area contributed by atoms with Gasteiger partial charge in [-0.1, -0.05) is 23.4 Å². The molecule has 1 aliphatic heterocycles. The van der Waals surface area contributed by atoms with Crippen molar-refractivity contribution < 1.29 is 14.0 Å². The van der Waals surface area contributed by atoms with Gasteiger partial charge in [0, 0.05) is 17.6 Å². The number of rotatable bonds is 4. The molecule has 1 unspecified atom stereocenters. The van der Waals surface area contributed by atoms with Gasteiger partial charge in [-0.25, -0.2) is 4.52 Å². The first-order chi connectivity index (χ1) is 13.3. The van der Waals surface area contributed by atoms with Crippen molar-refractivity contribution in [1.29, 1.82) is 0 Å². The number of H-pyrrole nitrogens is 1. The first-order valence-corrected chi connectivity index (χ1v) is 8.84. The number of ether oxygens (including phenoxy) is 2. The molecule has 3 aromatic heterocycles. The van der Waals surface area contributed by atoms with Crippen LogP contribution in [0.2, 0.25) is 0 Å². The summed E-state index contributed by atoms with van der Waals surface area (Å²) >= 11 is 0. The Morgan fingerprint density at radius 1 is 1.22 bits per heavy atom. The van der Waals surface area contributed by atoms with Gasteiger partial charge in [-0.2, -0.15) is 0 Å². The van der Waals surface area contributed by atoms with Crippen LogP contribution >= 0.6 is 0 Å². The van der Waals surface area contributed by atoms with E-state index in [9.17, 15) is 4.79 Å². The lowest BCUT2D eigenvalue weighted by molar-refractivity contribution is -0.168. The summed E-state index contributed by atoms with van der Waals surface area (Å²) in [6.07, 6.45) is 4.31. The predicted octanol–water partition coefficient (Wildman–Crippen LogP) is 2.27. The number of benzene rings is 1. The van der Waals surface area contributed by atoms with Crippen LogP contribution in [-0.2, 0) is 16.1 Å². The summed E-state index contributed by atoms with van der Waals surface area (Å²) in [6.45, 7) is 0.987. The summed E-state index contributed by atoms with van der Waals surface area (Å²) in [5.74, 6) is 0.393. The predicted molar refractivity (Wildman–Crippen MR) is 95.0 cm³/mol. The Balaban J connectivity index is 1.53. The van der Waals surface area contributed by atoms with Gasteiger partial charge >= 0.3 is 0 Å². The quantitative estimate of drug-likeness (QED) is 0.589. The Hall–Kier alpha value is -3.04. The standard InChI is InChI=1S/C18H17N5O4/c24-18-13-6-2-1-5-12(13)16-19-20-17(23(16)21-18)15-11(10-27-22-15)9-26-14-7-3-4-8-25-14/h1-2,5-6,10,14H,3-4,7-9H2,(H,21,24). The highest BCUT2D eigenvalue weighted by atomic mass is 16.7. The third-order valence-electron chi connectivity index (χ3n) is 4.71. The molecule has 9 heteroatoms. The van der Waals surface area contributed by atoms with E-state index in [4.69, 9.17) is 14.0 Å². The number of hydrogen-bond donors (Lipinski definition) is 1. The van der Waals surface area contributed by atoms with Gasteiger partial charge in [-0.3, -0.25) is 9.89 Å². The van der Waals surface area contributed by atoms with E-state index in [2.05, 4.69) is 20.5 Å². The molecular weight excluding hydrogens is 350 g/mol. The Labute approximate surface area is 152 Å². The lowest BCUT2D eigenvalue weighted by atomic mass is 10.2. The van der Waals surface area contributed by atoms with Crippen molar-refractivity contribution in [1.82, 2.24) is 25.0 Å². The van der Waals surface area contributed by atoms with Crippen LogP contribution < -0.4 is 5.56 Å². The first-order valence-electron chi connectivity index (χ1n) is 8.84. The fourth-order valence-corrected chi connectivity index (χ4v) is 3.33. The van der Waals surface area contributed by atoms with E-state index in [-0.39, 0.29) is 18.5 Å². The van der Waals surface area contributed by atoms with Crippen molar-refractivity contribution in [3.05, 3.63) is 46.4 Å². The second kappa shape index (κ2) is 6.60. The van der Waals surface area contributed by atoms with Crippen molar-refractivity contribution in [2.75, 3.05) is 6.61 Å². The molecule has 1 atom stereocenters. The molecule has 0 saturated carbocycles. The number of hydrogen-bond acceptors (Lipinski definition) is 7. The topological polar surface area (TPSA) is 108 Å². The maximum Gasteiger partial charge on any atom is 0.270 e. The van der Waals surface area contributed by atoms with Crippen LogP contribution in [0.1, 0.15) is 24.8 Å². The fourth-order valence-electron chi connectivity index (χ4n) is 3.33. The zero-order chi connectivity index (χ0) is 18.2. The molecule has 0 spiro atoms. The largest absolute Gasteiger partial charge is 0.364 e. The number of aromatic nitrogens is 5. The van der Waals surface area contributed by atoms with Gasteiger partial charge < -0.3 is 14.0 Å². The Kier molecular flexibility index (Phi) is 3.95. The second-order valence-electron chi connectivity index (χ2n) is 6.46. The highest BCUT2D eigenvalue weighted by Crippen LogP contribution is 2.24. The van der Waals surface area contributed by atoms with Gasteiger partial charge in [-0.15, -0.1) is 10.2 Å². The van der Waals surface area contributed by atoms with Gasteiger partial charge in [0.15, 0.2) is 17.6 Å². The highest BCUT2D eigenvalue weighted by Gasteiger charge is 2.21. The van der Waals surface area contributed by atoms with Gasteiger partial charge in [0.1, 0.15) is 6.26 Å². The van der Waals surface area contributed by atoms with Gasteiger partial charge in [0.2, 0.25) is 5.82 Å². The minimum Gasteiger partial charge on any atom is -0.364 e. The van der Waals surface area contributed by atoms with Crippen LogP contribution in [0.25, 0.3) is 27.9 Å². The Morgan fingerprint density at radius 2 is 2.11 bits per heavy atom. The van der Waals surface area contributed by atoms with Crippen molar-refractivity contribution in [2.45, 2.75) is 32.2 Å². The van der Waals surface area contributed by atoms with Crippen molar-refractivity contribution in [2.24, 2.45) is 0 Å². The first kappa shape index (κ1) is 16.2. The average Bonchev–Trinajstić information content (AvgIpc) is 3.34. The van der Waals surface area contributed by atoms with E-state index in [0.717, 1.165) is 24.6 Å². The lowest BCUT2D eigenvalue weighted by Crippen LogP contribution is -2.22. The summed E-state index contributed by atoms with van der Waals surface area (Å²) in [5.41, 5.74) is 1.51.